The van der Waals surface area contributed by atoms with Gasteiger partial charge in [0.1, 0.15) is 0 Å². The van der Waals surface area contributed by atoms with E-state index in [1.54, 1.807) is 48.5 Å². The van der Waals surface area contributed by atoms with Crippen molar-refractivity contribution in [2.75, 3.05) is 13.1 Å². The average Bonchev–Trinajstić information content (AvgIpc) is 2.67. The summed E-state index contributed by atoms with van der Waals surface area (Å²) >= 11 is 0. The summed E-state index contributed by atoms with van der Waals surface area (Å²) in [6.07, 6.45) is -0.516. The highest BCUT2D eigenvalue weighted by Gasteiger charge is 2.08. The van der Waals surface area contributed by atoms with Crippen molar-refractivity contribution in [2.45, 2.75) is 18.8 Å². The van der Waals surface area contributed by atoms with Gasteiger partial charge in [-0.2, -0.15) is 0 Å². The Morgan fingerprint density at radius 3 is 1.30 bits per heavy atom. The van der Waals surface area contributed by atoms with Gasteiger partial charge in [0.2, 0.25) is 0 Å². The maximum atomic E-state index is 12.0. The van der Waals surface area contributed by atoms with Gasteiger partial charge in [-0.15, -0.1) is 0 Å². The number of hydrogen-bond acceptors (Lipinski definition) is 6. The van der Waals surface area contributed by atoms with Crippen LogP contribution in [0.2, 0.25) is 0 Å². The summed E-state index contributed by atoms with van der Waals surface area (Å²) < 4.78 is 0. The summed E-state index contributed by atoms with van der Waals surface area (Å²) in [6.45, 7) is 0.885. The Hall–Kier alpha value is -2.78. The fourth-order valence-corrected chi connectivity index (χ4v) is 2.41. The molecule has 0 aromatic heterocycles. The smallest absolute Gasteiger partial charge is 0.251 e. The molecule has 0 bridgehead atoms. The number of rotatable bonds is 8. The SMILES string of the molecule is NC(N)c1ccc(C(=O)NCCCNC(=O)c2ccc(C(N)N)cc2)cc1. The van der Waals surface area contributed by atoms with Gasteiger partial charge in [0.05, 0.1) is 12.3 Å². The first kappa shape index (κ1) is 20.5. The van der Waals surface area contributed by atoms with Crippen LogP contribution >= 0.6 is 0 Å². The zero-order valence-corrected chi connectivity index (χ0v) is 15.0. The highest BCUT2D eigenvalue weighted by Crippen LogP contribution is 2.08. The van der Waals surface area contributed by atoms with Gasteiger partial charge in [-0.1, -0.05) is 24.3 Å². The molecule has 0 fully saturated rings. The maximum Gasteiger partial charge on any atom is 0.251 e. The minimum Gasteiger partial charge on any atom is -0.352 e. The lowest BCUT2D eigenvalue weighted by Crippen LogP contribution is -2.30. The van der Waals surface area contributed by atoms with Crippen molar-refractivity contribution in [3.05, 3.63) is 70.8 Å². The molecule has 0 aliphatic rings. The second-order valence-corrected chi connectivity index (χ2v) is 6.16. The van der Waals surface area contributed by atoms with Gasteiger partial charge in [0.15, 0.2) is 0 Å². The third-order valence-corrected chi connectivity index (χ3v) is 4.04. The number of nitrogens with one attached hydrogen (secondary N) is 2. The van der Waals surface area contributed by atoms with Crippen molar-refractivity contribution in [2.24, 2.45) is 22.9 Å². The normalized spacial score (nSPS) is 10.9. The number of amides is 2. The van der Waals surface area contributed by atoms with Gasteiger partial charge >= 0.3 is 0 Å². The number of carbonyl (C=O) groups excluding carboxylic acids is 2. The Bertz CT molecular complexity index is 691. The quantitative estimate of drug-likeness (QED) is 0.284. The third kappa shape index (κ3) is 6.15. The first-order valence-electron chi connectivity index (χ1n) is 8.67. The zero-order valence-electron chi connectivity index (χ0n) is 15.0. The lowest BCUT2D eigenvalue weighted by molar-refractivity contribution is 0.0951. The monoisotopic (exact) mass is 370 g/mol. The average molecular weight is 370 g/mol. The van der Waals surface area contributed by atoms with Crippen molar-refractivity contribution in [3.63, 3.8) is 0 Å². The molecule has 0 radical (unpaired) electrons. The van der Waals surface area contributed by atoms with E-state index in [9.17, 15) is 9.59 Å². The molecule has 10 N–H and O–H groups in total. The van der Waals surface area contributed by atoms with Gasteiger partial charge < -0.3 is 33.6 Å². The van der Waals surface area contributed by atoms with Crippen LogP contribution in [-0.4, -0.2) is 24.9 Å². The van der Waals surface area contributed by atoms with Crippen molar-refractivity contribution < 1.29 is 9.59 Å². The molecule has 2 rings (SSSR count). The maximum absolute atomic E-state index is 12.0. The zero-order chi connectivity index (χ0) is 19.8. The standard InChI is InChI=1S/C19H26N6O2/c20-16(21)12-2-6-14(7-3-12)18(26)24-10-1-11-25-19(27)15-8-4-13(5-9-15)17(22)23/h2-9,16-17H,1,10-11,20-23H2,(H,24,26)(H,25,27). The lowest BCUT2D eigenvalue weighted by atomic mass is 10.1. The van der Waals surface area contributed by atoms with E-state index >= 15 is 0 Å². The minimum atomic E-state index is -0.561. The summed E-state index contributed by atoms with van der Waals surface area (Å²) in [6, 6.07) is 13.6. The van der Waals surface area contributed by atoms with E-state index in [4.69, 9.17) is 22.9 Å². The van der Waals surface area contributed by atoms with Gasteiger partial charge in [-0.3, -0.25) is 9.59 Å². The molecule has 27 heavy (non-hydrogen) atoms. The van der Waals surface area contributed by atoms with E-state index in [0.717, 1.165) is 11.1 Å². The van der Waals surface area contributed by atoms with E-state index < -0.39 is 12.3 Å². The Balaban J connectivity index is 1.70. The molecule has 8 nitrogen and oxygen atoms in total. The summed E-state index contributed by atoms with van der Waals surface area (Å²) in [5, 5.41) is 5.60. The molecular formula is C19H26N6O2. The van der Waals surface area contributed by atoms with Crippen LogP contribution in [0.15, 0.2) is 48.5 Å². The van der Waals surface area contributed by atoms with Crippen molar-refractivity contribution >= 4 is 11.8 Å². The van der Waals surface area contributed by atoms with Crippen molar-refractivity contribution in [1.29, 1.82) is 0 Å². The predicted octanol–water partition coefficient (Wildman–Crippen LogP) is 0.0685. The van der Waals surface area contributed by atoms with Crippen LogP contribution < -0.4 is 33.6 Å². The molecular weight excluding hydrogens is 344 g/mol. The number of benzene rings is 2. The second kappa shape index (κ2) is 9.79. The van der Waals surface area contributed by atoms with Crippen LogP contribution in [0.4, 0.5) is 0 Å². The Morgan fingerprint density at radius 1 is 0.667 bits per heavy atom. The molecule has 0 atom stereocenters. The summed E-state index contributed by atoms with van der Waals surface area (Å²) in [5.41, 5.74) is 24.9. The van der Waals surface area contributed by atoms with Crippen molar-refractivity contribution in [3.8, 4) is 0 Å². The van der Waals surface area contributed by atoms with Gasteiger partial charge in [-0.05, 0) is 41.8 Å². The molecule has 8 heteroatoms. The van der Waals surface area contributed by atoms with E-state index in [1.165, 1.54) is 0 Å². The Labute approximate surface area is 158 Å². The summed E-state index contributed by atoms with van der Waals surface area (Å²) in [4.78, 5) is 24.1. The molecule has 0 aliphatic carbocycles. The minimum absolute atomic E-state index is 0.188. The second-order valence-electron chi connectivity index (χ2n) is 6.16. The molecule has 0 heterocycles. The van der Waals surface area contributed by atoms with Crippen LogP contribution in [0, 0.1) is 0 Å². The molecule has 144 valence electrons. The Morgan fingerprint density at radius 2 is 1.00 bits per heavy atom. The molecule has 2 aromatic carbocycles. The molecule has 0 aliphatic heterocycles. The van der Waals surface area contributed by atoms with Gasteiger partial charge in [0.25, 0.3) is 11.8 Å². The predicted molar refractivity (Wildman–Crippen MR) is 104 cm³/mol. The van der Waals surface area contributed by atoms with Crippen LogP contribution in [0.1, 0.15) is 50.6 Å². The largest absolute Gasteiger partial charge is 0.352 e. The summed E-state index contributed by atoms with van der Waals surface area (Å²) in [5.74, 6) is -0.376. The van der Waals surface area contributed by atoms with Crippen LogP contribution in [0.5, 0.6) is 0 Å². The number of nitrogens with two attached hydrogens (primary N) is 4. The van der Waals surface area contributed by atoms with Crippen LogP contribution in [-0.2, 0) is 0 Å². The van der Waals surface area contributed by atoms with Gasteiger partial charge in [0, 0.05) is 24.2 Å². The van der Waals surface area contributed by atoms with Crippen LogP contribution in [0.3, 0.4) is 0 Å². The third-order valence-electron chi connectivity index (χ3n) is 4.04. The van der Waals surface area contributed by atoms with Crippen LogP contribution in [0.25, 0.3) is 0 Å². The summed E-state index contributed by atoms with van der Waals surface area (Å²) in [7, 11) is 0. The number of carbonyl (C=O) groups is 2. The topological polar surface area (TPSA) is 162 Å². The lowest BCUT2D eigenvalue weighted by Gasteiger charge is -2.09. The van der Waals surface area contributed by atoms with Crippen molar-refractivity contribution in [1.82, 2.24) is 10.6 Å². The molecule has 2 amide bonds. The fraction of sp³-hybridized carbons (Fsp3) is 0.263. The first-order valence-corrected chi connectivity index (χ1v) is 8.67. The number of hydrogen-bond donors (Lipinski definition) is 6. The molecule has 0 unspecified atom stereocenters. The van der Waals surface area contributed by atoms with E-state index in [0.29, 0.717) is 30.6 Å². The van der Waals surface area contributed by atoms with E-state index in [-0.39, 0.29) is 11.8 Å². The highest BCUT2D eigenvalue weighted by atomic mass is 16.2. The molecule has 0 saturated carbocycles. The Kier molecular flexibility index (Phi) is 7.44. The fourth-order valence-electron chi connectivity index (χ4n) is 2.41. The molecule has 0 saturated heterocycles. The molecule has 0 spiro atoms. The first-order chi connectivity index (χ1) is 12.9. The van der Waals surface area contributed by atoms with Gasteiger partial charge in [-0.25, -0.2) is 0 Å². The van der Waals surface area contributed by atoms with E-state index in [2.05, 4.69) is 10.6 Å². The van der Waals surface area contributed by atoms with E-state index in [1.807, 2.05) is 0 Å². The highest BCUT2D eigenvalue weighted by molar-refractivity contribution is 5.94. The molecule has 2 aromatic rings.